The monoisotopic (exact) mass is 253 g/mol. The molecule has 1 aliphatic rings. The van der Waals surface area contributed by atoms with Crippen molar-refractivity contribution in [2.45, 2.75) is 51.6 Å². The van der Waals surface area contributed by atoms with Gasteiger partial charge in [0.1, 0.15) is 0 Å². The minimum absolute atomic E-state index is 0.0996. The first-order valence-electron chi connectivity index (χ1n) is 6.77. The third-order valence-electron chi connectivity index (χ3n) is 3.97. The Kier molecular flexibility index (Phi) is 4.70. The van der Waals surface area contributed by atoms with Crippen LogP contribution in [0.4, 0.5) is 8.78 Å². The second kappa shape index (κ2) is 6.28. The summed E-state index contributed by atoms with van der Waals surface area (Å²) in [5.41, 5.74) is 1.17. The summed E-state index contributed by atoms with van der Waals surface area (Å²) in [4.78, 5) is 0. The molecule has 0 radical (unpaired) electrons. The first-order valence-corrected chi connectivity index (χ1v) is 6.77. The first-order chi connectivity index (χ1) is 8.66. The van der Waals surface area contributed by atoms with Gasteiger partial charge in [0.15, 0.2) is 0 Å². The quantitative estimate of drug-likeness (QED) is 0.825. The van der Waals surface area contributed by atoms with E-state index in [-0.39, 0.29) is 5.56 Å². The van der Waals surface area contributed by atoms with Crippen LogP contribution >= 0.6 is 0 Å². The largest absolute Gasteiger partial charge is 0.310 e. The highest BCUT2D eigenvalue weighted by Gasteiger charge is 2.20. The molecule has 0 bridgehead atoms. The average Bonchev–Trinajstić information content (AvgIpc) is 2.90. The van der Waals surface area contributed by atoms with Crippen molar-refractivity contribution < 1.29 is 8.78 Å². The fraction of sp³-hybridized carbons (Fsp3) is 0.600. The molecule has 0 spiro atoms. The molecule has 1 fully saturated rings. The molecular weight excluding hydrogens is 232 g/mol. The van der Waals surface area contributed by atoms with E-state index in [0.29, 0.717) is 6.04 Å². The van der Waals surface area contributed by atoms with Crippen molar-refractivity contribution in [1.82, 2.24) is 5.32 Å². The molecule has 0 amide bonds. The first kappa shape index (κ1) is 13.5. The molecule has 1 atom stereocenters. The Morgan fingerprint density at radius 1 is 1.17 bits per heavy atom. The zero-order chi connectivity index (χ0) is 13.0. The smallest absolute Gasteiger partial charge is 0.263 e. The number of hydrogen-bond acceptors (Lipinski definition) is 1. The normalized spacial score (nSPS) is 18.4. The number of benzene rings is 1. The van der Waals surface area contributed by atoms with Crippen LogP contribution in [0.5, 0.6) is 0 Å². The van der Waals surface area contributed by atoms with E-state index in [2.05, 4.69) is 12.2 Å². The van der Waals surface area contributed by atoms with E-state index in [1.807, 2.05) is 0 Å². The Labute approximate surface area is 108 Å². The summed E-state index contributed by atoms with van der Waals surface area (Å²) in [6, 6.07) is 7.12. The fourth-order valence-electron chi connectivity index (χ4n) is 2.68. The van der Waals surface area contributed by atoms with Crippen LogP contribution in [-0.4, -0.2) is 6.04 Å². The van der Waals surface area contributed by atoms with Gasteiger partial charge in [0, 0.05) is 18.2 Å². The molecular formula is C15H21F2N. The van der Waals surface area contributed by atoms with Crippen molar-refractivity contribution in [3.63, 3.8) is 0 Å². The highest BCUT2D eigenvalue weighted by atomic mass is 19.3. The van der Waals surface area contributed by atoms with Gasteiger partial charge in [0.2, 0.25) is 0 Å². The Morgan fingerprint density at radius 2 is 1.78 bits per heavy atom. The lowest BCUT2D eigenvalue weighted by atomic mass is 9.99. The van der Waals surface area contributed by atoms with Crippen LogP contribution in [0.3, 0.4) is 0 Å². The fourth-order valence-corrected chi connectivity index (χ4v) is 2.68. The van der Waals surface area contributed by atoms with Gasteiger partial charge in [-0.1, -0.05) is 37.1 Å². The number of hydrogen-bond donors (Lipinski definition) is 1. The summed E-state index contributed by atoms with van der Waals surface area (Å²) >= 11 is 0. The van der Waals surface area contributed by atoms with Crippen molar-refractivity contribution in [2.75, 3.05) is 0 Å². The molecule has 18 heavy (non-hydrogen) atoms. The maximum atomic E-state index is 12.4. The van der Waals surface area contributed by atoms with E-state index in [0.717, 1.165) is 18.0 Å². The van der Waals surface area contributed by atoms with Crippen LogP contribution in [0.2, 0.25) is 0 Å². The van der Waals surface area contributed by atoms with Crippen LogP contribution in [0.25, 0.3) is 0 Å². The predicted octanol–water partition coefficient (Wildman–Crippen LogP) is 4.29. The summed E-state index contributed by atoms with van der Waals surface area (Å²) in [5.74, 6) is 0.783. The standard InChI is InChI=1S/C15H21F2N/c1-11(13-4-2-3-5-13)18-10-12-6-8-14(9-7-12)15(16)17/h6-9,11,13,15,18H,2-5,10H2,1H3. The molecule has 0 aromatic heterocycles. The van der Waals surface area contributed by atoms with Crippen molar-refractivity contribution >= 4 is 0 Å². The topological polar surface area (TPSA) is 12.0 Å². The van der Waals surface area contributed by atoms with Gasteiger partial charge in [-0.05, 0) is 31.2 Å². The van der Waals surface area contributed by atoms with Crippen LogP contribution in [0.1, 0.15) is 50.2 Å². The van der Waals surface area contributed by atoms with Gasteiger partial charge >= 0.3 is 0 Å². The average molecular weight is 253 g/mol. The zero-order valence-corrected chi connectivity index (χ0v) is 10.8. The molecule has 0 heterocycles. The van der Waals surface area contributed by atoms with Gasteiger partial charge in [0.05, 0.1) is 0 Å². The summed E-state index contributed by atoms with van der Waals surface area (Å²) in [5, 5.41) is 3.50. The Balaban J connectivity index is 1.82. The highest BCUT2D eigenvalue weighted by molar-refractivity contribution is 5.23. The summed E-state index contributed by atoms with van der Waals surface area (Å²) < 4.78 is 24.8. The van der Waals surface area contributed by atoms with Gasteiger partial charge in [-0.2, -0.15) is 0 Å². The number of nitrogens with one attached hydrogen (secondary N) is 1. The number of rotatable bonds is 5. The molecule has 1 nitrogen and oxygen atoms in total. The lowest BCUT2D eigenvalue weighted by Gasteiger charge is -2.20. The Bertz CT molecular complexity index is 355. The summed E-state index contributed by atoms with van der Waals surface area (Å²) in [6.07, 6.45) is 2.96. The summed E-state index contributed by atoms with van der Waals surface area (Å²) in [6.45, 7) is 2.99. The third-order valence-corrected chi connectivity index (χ3v) is 3.97. The predicted molar refractivity (Wildman–Crippen MR) is 69.7 cm³/mol. The molecule has 0 aliphatic heterocycles. The second-order valence-electron chi connectivity index (χ2n) is 5.26. The maximum absolute atomic E-state index is 12.4. The molecule has 0 saturated heterocycles. The van der Waals surface area contributed by atoms with E-state index in [9.17, 15) is 8.78 Å². The second-order valence-corrected chi connectivity index (χ2v) is 5.26. The van der Waals surface area contributed by atoms with Crippen LogP contribution in [-0.2, 0) is 6.54 Å². The van der Waals surface area contributed by atoms with Crippen LogP contribution in [0.15, 0.2) is 24.3 Å². The molecule has 100 valence electrons. The van der Waals surface area contributed by atoms with Crippen LogP contribution < -0.4 is 5.32 Å². The molecule has 3 heteroatoms. The molecule has 2 rings (SSSR count). The van der Waals surface area contributed by atoms with E-state index in [1.165, 1.54) is 37.8 Å². The Hall–Kier alpha value is -0.960. The zero-order valence-electron chi connectivity index (χ0n) is 10.8. The molecule has 1 unspecified atom stereocenters. The van der Waals surface area contributed by atoms with Gasteiger partial charge in [0.25, 0.3) is 6.43 Å². The highest BCUT2D eigenvalue weighted by Crippen LogP contribution is 2.27. The molecule has 1 aromatic carbocycles. The van der Waals surface area contributed by atoms with Crippen molar-refractivity contribution in [3.05, 3.63) is 35.4 Å². The lowest BCUT2D eigenvalue weighted by Crippen LogP contribution is -2.31. The third kappa shape index (κ3) is 3.52. The van der Waals surface area contributed by atoms with E-state index < -0.39 is 6.43 Å². The molecule has 1 N–H and O–H groups in total. The van der Waals surface area contributed by atoms with Gasteiger partial charge in [-0.25, -0.2) is 8.78 Å². The minimum atomic E-state index is -2.37. The number of halogens is 2. The van der Waals surface area contributed by atoms with E-state index in [1.54, 1.807) is 12.1 Å². The van der Waals surface area contributed by atoms with Crippen molar-refractivity contribution in [3.8, 4) is 0 Å². The van der Waals surface area contributed by atoms with Gasteiger partial charge in [-0.15, -0.1) is 0 Å². The minimum Gasteiger partial charge on any atom is -0.310 e. The maximum Gasteiger partial charge on any atom is 0.263 e. The van der Waals surface area contributed by atoms with Gasteiger partial charge < -0.3 is 5.32 Å². The number of alkyl halides is 2. The van der Waals surface area contributed by atoms with E-state index in [4.69, 9.17) is 0 Å². The van der Waals surface area contributed by atoms with Crippen molar-refractivity contribution in [2.24, 2.45) is 5.92 Å². The molecule has 1 aromatic rings. The SMILES string of the molecule is CC(NCc1ccc(C(F)F)cc1)C1CCCC1. The molecule has 1 aliphatic carbocycles. The lowest BCUT2D eigenvalue weighted by molar-refractivity contribution is 0.151. The molecule has 1 saturated carbocycles. The van der Waals surface area contributed by atoms with Crippen molar-refractivity contribution in [1.29, 1.82) is 0 Å². The van der Waals surface area contributed by atoms with E-state index >= 15 is 0 Å². The van der Waals surface area contributed by atoms with Crippen LogP contribution in [0, 0.1) is 5.92 Å². The Morgan fingerprint density at radius 3 is 2.33 bits per heavy atom. The van der Waals surface area contributed by atoms with Gasteiger partial charge in [-0.3, -0.25) is 0 Å². The summed E-state index contributed by atoms with van der Waals surface area (Å²) in [7, 11) is 0.